The molecule has 2 aromatic rings. The first-order valence-corrected chi connectivity index (χ1v) is 6.07. The van der Waals surface area contributed by atoms with Crippen molar-refractivity contribution in [2.45, 2.75) is 11.8 Å². The highest BCUT2D eigenvalue weighted by atomic mass is 32.2. The number of amides is 1. The molecule has 2 N–H and O–H groups in total. The van der Waals surface area contributed by atoms with Crippen LogP contribution in [0.3, 0.4) is 0 Å². The highest BCUT2D eigenvalue weighted by Crippen LogP contribution is 2.17. The Kier molecular flexibility index (Phi) is 3.77. The summed E-state index contributed by atoms with van der Waals surface area (Å²) in [7, 11) is 0. The summed E-state index contributed by atoms with van der Waals surface area (Å²) >= 11 is 1.47. The van der Waals surface area contributed by atoms with Crippen LogP contribution in [-0.2, 0) is 4.79 Å². The Morgan fingerprint density at radius 3 is 2.88 bits per heavy atom. The predicted molar refractivity (Wildman–Crippen MR) is 66.9 cm³/mol. The highest BCUT2D eigenvalue weighted by molar-refractivity contribution is 8.00. The lowest BCUT2D eigenvalue weighted by molar-refractivity contribution is -0.113. The van der Waals surface area contributed by atoms with Crippen LogP contribution in [0.2, 0.25) is 0 Å². The van der Waals surface area contributed by atoms with Crippen molar-refractivity contribution in [3.63, 3.8) is 0 Å². The van der Waals surface area contributed by atoms with Crippen molar-refractivity contribution in [1.82, 2.24) is 15.2 Å². The number of nitrogens with one attached hydrogen (secondary N) is 2. The van der Waals surface area contributed by atoms with Crippen molar-refractivity contribution in [3.05, 3.63) is 36.4 Å². The molecular formula is C11H12N4OS. The molecule has 0 atom stereocenters. The van der Waals surface area contributed by atoms with Gasteiger partial charge in [0.25, 0.3) is 0 Å². The third-order valence-electron chi connectivity index (χ3n) is 2.12. The summed E-state index contributed by atoms with van der Waals surface area (Å²) in [5.41, 5.74) is 1.58. The number of aromatic amines is 1. The van der Waals surface area contributed by atoms with Crippen LogP contribution in [0.25, 0.3) is 0 Å². The number of hydrogen-bond acceptors (Lipinski definition) is 4. The molecule has 2 rings (SSSR count). The van der Waals surface area contributed by atoms with E-state index in [1.54, 1.807) is 18.6 Å². The Labute approximate surface area is 103 Å². The molecule has 6 heteroatoms. The molecule has 2 heterocycles. The van der Waals surface area contributed by atoms with Crippen molar-refractivity contribution < 1.29 is 4.79 Å². The third kappa shape index (κ3) is 3.32. The van der Waals surface area contributed by atoms with E-state index in [0.717, 1.165) is 16.3 Å². The van der Waals surface area contributed by atoms with Gasteiger partial charge in [0.05, 0.1) is 23.3 Å². The number of aromatic nitrogens is 3. The molecule has 5 nitrogen and oxygen atoms in total. The van der Waals surface area contributed by atoms with Gasteiger partial charge in [-0.25, -0.2) is 0 Å². The monoisotopic (exact) mass is 248 g/mol. The van der Waals surface area contributed by atoms with E-state index in [9.17, 15) is 4.79 Å². The van der Waals surface area contributed by atoms with E-state index in [1.165, 1.54) is 11.8 Å². The lowest BCUT2D eigenvalue weighted by atomic mass is 10.4. The Morgan fingerprint density at radius 2 is 2.24 bits per heavy atom. The molecular weight excluding hydrogens is 236 g/mol. The first-order chi connectivity index (χ1) is 8.25. The molecule has 0 saturated carbocycles. The molecule has 1 amide bonds. The van der Waals surface area contributed by atoms with Gasteiger partial charge in [-0.05, 0) is 19.1 Å². The number of H-pyrrole nitrogens is 1. The minimum Gasteiger partial charge on any atom is -0.322 e. The fourth-order valence-corrected chi connectivity index (χ4v) is 1.93. The lowest BCUT2D eigenvalue weighted by Crippen LogP contribution is -2.14. The van der Waals surface area contributed by atoms with Gasteiger partial charge in [-0.15, -0.1) is 11.8 Å². The summed E-state index contributed by atoms with van der Waals surface area (Å²) in [5, 5.41) is 9.40. The summed E-state index contributed by atoms with van der Waals surface area (Å²) in [6.45, 7) is 1.86. The molecule has 17 heavy (non-hydrogen) atoms. The SMILES string of the molecule is Cc1[nH]ncc1NC(=O)CSc1ccncc1. The van der Waals surface area contributed by atoms with Crippen LogP contribution in [0.4, 0.5) is 5.69 Å². The summed E-state index contributed by atoms with van der Waals surface area (Å²) in [6.07, 6.45) is 5.02. The van der Waals surface area contributed by atoms with Gasteiger partial charge >= 0.3 is 0 Å². The molecule has 0 aliphatic heterocycles. The lowest BCUT2D eigenvalue weighted by Gasteiger charge is -2.03. The van der Waals surface area contributed by atoms with Crippen LogP contribution >= 0.6 is 11.8 Å². The van der Waals surface area contributed by atoms with Crippen molar-refractivity contribution in [3.8, 4) is 0 Å². The molecule has 0 aliphatic rings. The van der Waals surface area contributed by atoms with E-state index >= 15 is 0 Å². The van der Waals surface area contributed by atoms with E-state index in [2.05, 4.69) is 20.5 Å². The Morgan fingerprint density at radius 1 is 1.47 bits per heavy atom. The van der Waals surface area contributed by atoms with Gasteiger partial charge in [-0.1, -0.05) is 0 Å². The van der Waals surface area contributed by atoms with E-state index < -0.39 is 0 Å². The fraction of sp³-hybridized carbons (Fsp3) is 0.182. The molecule has 0 fully saturated rings. The molecule has 0 bridgehead atoms. The summed E-state index contributed by atoms with van der Waals surface area (Å²) in [4.78, 5) is 16.6. The van der Waals surface area contributed by atoms with Crippen LogP contribution in [0, 0.1) is 6.92 Å². The van der Waals surface area contributed by atoms with Gasteiger partial charge in [0.1, 0.15) is 0 Å². The zero-order valence-electron chi connectivity index (χ0n) is 9.30. The summed E-state index contributed by atoms with van der Waals surface area (Å²) < 4.78 is 0. The molecule has 0 radical (unpaired) electrons. The van der Waals surface area contributed by atoms with Crippen LogP contribution in [0.5, 0.6) is 0 Å². The van der Waals surface area contributed by atoms with E-state index in [4.69, 9.17) is 0 Å². The number of aryl methyl sites for hydroxylation is 1. The molecule has 88 valence electrons. The Balaban J connectivity index is 1.85. The fourth-order valence-electron chi connectivity index (χ4n) is 1.25. The first kappa shape index (κ1) is 11.7. The smallest absolute Gasteiger partial charge is 0.234 e. The molecule has 2 aromatic heterocycles. The van der Waals surface area contributed by atoms with Crippen LogP contribution < -0.4 is 5.32 Å². The van der Waals surface area contributed by atoms with Crippen LogP contribution in [0.15, 0.2) is 35.6 Å². The second-order valence-electron chi connectivity index (χ2n) is 3.43. The highest BCUT2D eigenvalue weighted by Gasteiger charge is 2.06. The largest absolute Gasteiger partial charge is 0.322 e. The van der Waals surface area contributed by atoms with Gasteiger partial charge in [0.15, 0.2) is 0 Å². The van der Waals surface area contributed by atoms with Crippen LogP contribution in [0.1, 0.15) is 5.69 Å². The molecule has 0 aromatic carbocycles. The van der Waals surface area contributed by atoms with Gasteiger partial charge in [0.2, 0.25) is 5.91 Å². The van der Waals surface area contributed by atoms with E-state index in [-0.39, 0.29) is 5.91 Å². The topological polar surface area (TPSA) is 70.7 Å². The van der Waals surface area contributed by atoms with Gasteiger partial charge in [-0.2, -0.15) is 5.10 Å². The maximum atomic E-state index is 11.6. The number of carbonyl (C=O) groups excluding carboxylic acids is 1. The average molecular weight is 248 g/mol. The number of nitrogens with zero attached hydrogens (tertiary/aromatic N) is 2. The number of hydrogen-bond donors (Lipinski definition) is 2. The number of anilines is 1. The average Bonchev–Trinajstić information content (AvgIpc) is 2.74. The molecule has 0 spiro atoms. The van der Waals surface area contributed by atoms with Crippen molar-refractivity contribution in [2.24, 2.45) is 0 Å². The second kappa shape index (κ2) is 5.49. The number of thioether (sulfide) groups is 1. The maximum Gasteiger partial charge on any atom is 0.234 e. The minimum absolute atomic E-state index is 0.0451. The van der Waals surface area contributed by atoms with Gasteiger partial charge < -0.3 is 5.32 Å². The normalized spacial score (nSPS) is 10.2. The van der Waals surface area contributed by atoms with Crippen LogP contribution in [-0.4, -0.2) is 26.8 Å². The van der Waals surface area contributed by atoms with E-state index in [1.807, 2.05) is 19.1 Å². The van der Waals surface area contributed by atoms with Gasteiger partial charge in [0, 0.05) is 17.3 Å². The van der Waals surface area contributed by atoms with Crippen molar-refractivity contribution in [2.75, 3.05) is 11.1 Å². The van der Waals surface area contributed by atoms with Gasteiger partial charge in [-0.3, -0.25) is 14.9 Å². The number of rotatable bonds is 4. The summed E-state index contributed by atoms with van der Waals surface area (Å²) in [6, 6.07) is 3.75. The minimum atomic E-state index is -0.0451. The number of pyridine rings is 1. The predicted octanol–water partition coefficient (Wildman–Crippen LogP) is 1.84. The molecule has 0 saturated heterocycles. The third-order valence-corrected chi connectivity index (χ3v) is 3.14. The summed E-state index contributed by atoms with van der Waals surface area (Å²) in [5.74, 6) is 0.325. The maximum absolute atomic E-state index is 11.6. The molecule has 0 aliphatic carbocycles. The Hall–Kier alpha value is -1.82. The standard InChI is InChI=1S/C11H12N4OS/c1-8-10(6-13-15-8)14-11(16)7-17-9-2-4-12-5-3-9/h2-6H,7H2,1H3,(H,13,15)(H,14,16). The zero-order chi connectivity index (χ0) is 12.1. The second-order valence-corrected chi connectivity index (χ2v) is 4.48. The quantitative estimate of drug-likeness (QED) is 0.810. The van der Waals surface area contributed by atoms with Crippen molar-refractivity contribution in [1.29, 1.82) is 0 Å². The Bertz CT molecular complexity index is 497. The van der Waals surface area contributed by atoms with E-state index in [0.29, 0.717) is 5.75 Å². The first-order valence-electron chi connectivity index (χ1n) is 5.08. The number of carbonyl (C=O) groups is 1. The zero-order valence-corrected chi connectivity index (χ0v) is 10.1. The molecule has 0 unspecified atom stereocenters. The van der Waals surface area contributed by atoms with Crippen molar-refractivity contribution >= 4 is 23.4 Å².